The molecule has 0 aliphatic heterocycles. The number of hydrogen-bond acceptors (Lipinski definition) is 3. The van der Waals surface area contributed by atoms with Crippen LogP contribution in [0.2, 0.25) is 5.02 Å². The van der Waals surface area contributed by atoms with Crippen LogP contribution in [-0.4, -0.2) is 20.3 Å². The van der Waals surface area contributed by atoms with E-state index in [0.717, 1.165) is 12.1 Å². The third-order valence-electron chi connectivity index (χ3n) is 3.14. The van der Waals surface area contributed by atoms with Gasteiger partial charge in [-0.1, -0.05) is 31.4 Å². The van der Waals surface area contributed by atoms with Crippen molar-refractivity contribution in [1.82, 2.24) is 5.32 Å². The predicted octanol–water partition coefficient (Wildman–Crippen LogP) is 4.03. The van der Waals surface area contributed by atoms with E-state index in [1.807, 2.05) is 12.1 Å². The molecule has 0 spiro atoms. The number of ether oxygens (including phenoxy) is 2. The van der Waals surface area contributed by atoms with Crippen molar-refractivity contribution in [2.75, 3.05) is 14.2 Å². The Hall–Kier alpha value is -0.930. The molecule has 0 amide bonds. The second-order valence-corrected chi connectivity index (χ2v) is 5.14. The van der Waals surface area contributed by atoms with Gasteiger partial charge >= 0.3 is 0 Å². The van der Waals surface area contributed by atoms with E-state index in [2.05, 4.69) is 19.2 Å². The third-order valence-corrected chi connectivity index (χ3v) is 3.42. The van der Waals surface area contributed by atoms with Crippen molar-refractivity contribution in [3.8, 4) is 11.5 Å². The second kappa shape index (κ2) is 8.28. The summed E-state index contributed by atoms with van der Waals surface area (Å²) in [6, 6.07) is 4.39. The maximum atomic E-state index is 6.18. The van der Waals surface area contributed by atoms with Crippen molar-refractivity contribution in [2.24, 2.45) is 0 Å². The van der Waals surface area contributed by atoms with E-state index in [-0.39, 0.29) is 0 Å². The van der Waals surface area contributed by atoms with Gasteiger partial charge in [-0.25, -0.2) is 0 Å². The van der Waals surface area contributed by atoms with Crippen LogP contribution in [0.3, 0.4) is 0 Å². The molecule has 1 unspecified atom stereocenters. The van der Waals surface area contributed by atoms with Crippen LogP contribution in [0.25, 0.3) is 0 Å². The molecule has 0 saturated heterocycles. The van der Waals surface area contributed by atoms with Gasteiger partial charge in [-0.05, 0) is 31.0 Å². The Morgan fingerprint density at radius 2 is 2.00 bits per heavy atom. The molecule has 0 bridgehead atoms. The Kier molecular flexibility index (Phi) is 7.03. The van der Waals surface area contributed by atoms with E-state index in [4.69, 9.17) is 21.1 Å². The first kappa shape index (κ1) is 16.1. The fourth-order valence-electron chi connectivity index (χ4n) is 1.98. The molecule has 19 heavy (non-hydrogen) atoms. The van der Waals surface area contributed by atoms with Gasteiger partial charge in [0.1, 0.15) is 0 Å². The second-order valence-electron chi connectivity index (χ2n) is 4.74. The van der Waals surface area contributed by atoms with Gasteiger partial charge in [0, 0.05) is 12.6 Å². The Balaban J connectivity index is 2.66. The highest BCUT2D eigenvalue weighted by atomic mass is 35.5. The first-order valence-corrected chi connectivity index (χ1v) is 7.13. The number of benzene rings is 1. The van der Waals surface area contributed by atoms with Crippen LogP contribution < -0.4 is 14.8 Å². The molecular weight excluding hydrogens is 262 g/mol. The zero-order valence-electron chi connectivity index (χ0n) is 12.3. The highest BCUT2D eigenvalue weighted by molar-refractivity contribution is 6.32. The summed E-state index contributed by atoms with van der Waals surface area (Å²) < 4.78 is 10.5. The van der Waals surface area contributed by atoms with Crippen LogP contribution in [0, 0.1) is 0 Å². The lowest BCUT2D eigenvalue weighted by Crippen LogP contribution is -2.25. The largest absolute Gasteiger partial charge is 0.493 e. The van der Waals surface area contributed by atoms with Crippen molar-refractivity contribution in [1.29, 1.82) is 0 Å². The standard InChI is InChI=1S/C15H24ClNO2/c1-5-6-7-11(2)17-10-12-8-13(16)15(19-4)14(9-12)18-3/h8-9,11,17H,5-7,10H2,1-4H3. The van der Waals surface area contributed by atoms with Gasteiger partial charge in [0.2, 0.25) is 0 Å². The van der Waals surface area contributed by atoms with E-state index in [1.165, 1.54) is 19.3 Å². The maximum Gasteiger partial charge on any atom is 0.179 e. The zero-order valence-corrected chi connectivity index (χ0v) is 13.0. The summed E-state index contributed by atoms with van der Waals surface area (Å²) >= 11 is 6.18. The van der Waals surface area contributed by atoms with E-state index in [0.29, 0.717) is 22.6 Å². The Labute approximate surface area is 121 Å². The number of unbranched alkanes of at least 4 members (excludes halogenated alkanes) is 1. The minimum absolute atomic E-state index is 0.506. The van der Waals surface area contributed by atoms with Gasteiger partial charge in [0.15, 0.2) is 11.5 Å². The quantitative estimate of drug-likeness (QED) is 0.782. The lowest BCUT2D eigenvalue weighted by Gasteiger charge is -2.15. The van der Waals surface area contributed by atoms with E-state index >= 15 is 0 Å². The molecule has 0 aliphatic carbocycles. The molecule has 0 heterocycles. The Morgan fingerprint density at radius 1 is 1.26 bits per heavy atom. The van der Waals surface area contributed by atoms with Crippen LogP contribution in [0.5, 0.6) is 11.5 Å². The number of nitrogens with one attached hydrogen (secondary N) is 1. The molecule has 0 aromatic heterocycles. The summed E-state index contributed by atoms with van der Waals surface area (Å²) in [6.45, 7) is 5.20. The topological polar surface area (TPSA) is 30.5 Å². The fourth-order valence-corrected chi connectivity index (χ4v) is 2.29. The number of rotatable bonds is 8. The van der Waals surface area contributed by atoms with Crippen molar-refractivity contribution in [3.63, 3.8) is 0 Å². The predicted molar refractivity (Wildman–Crippen MR) is 80.4 cm³/mol. The van der Waals surface area contributed by atoms with Gasteiger partial charge in [-0.2, -0.15) is 0 Å². The summed E-state index contributed by atoms with van der Waals surface area (Å²) in [5.74, 6) is 1.26. The summed E-state index contributed by atoms with van der Waals surface area (Å²) in [6.07, 6.45) is 3.67. The summed E-state index contributed by atoms with van der Waals surface area (Å²) in [7, 11) is 3.21. The van der Waals surface area contributed by atoms with Gasteiger partial charge in [-0.3, -0.25) is 0 Å². The highest BCUT2D eigenvalue weighted by Gasteiger charge is 2.11. The first-order chi connectivity index (χ1) is 9.12. The van der Waals surface area contributed by atoms with E-state index in [9.17, 15) is 0 Å². The van der Waals surface area contributed by atoms with Crippen LogP contribution in [0.1, 0.15) is 38.7 Å². The summed E-state index contributed by atoms with van der Waals surface area (Å²) in [4.78, 5) is 0. The normalized spacial score (nSPS) is 12.3. The lowest BCUT2D eigenvalue weighted by molar-refractivity contribution is 0.354. The average Bonchev–Trinajstić information content (AvgIpc) is 2.42. The zero-order chi connectivity index (χ0) is 14.3. The fraction of sp³-hybridized carbons (Fsp3) is 0.600. The lowest BCUT2D eigenvalue weighted by atomic mass is 10.1. The third kappa shape index (κ3) is 4.92. The first-order valence-electron chi connectivity index (χ1n) is 6.76. The van der Waals surface area contributed by atoms with Crippen molar-refractivity contribution in [2.45, 2.75) is 45.7 Å². The van der Waals surface area contributed by atoms with Crippen LogP contribution >= 0.6 is 11.6 Å². The molecule has 4 heteroatoms. The monoisotopic (exact) mass is 285 g/mol. The number of methoxy groups -OCH3 is 2. The van der Waals surface area contributed by atoms with Gasteiger partial charge in [0.05, 0.1) is 19.2 Å². The molecule has 0 aliphatic rings. The molecule has 1 N–H and O–H groups in total. The smallest absolute Gasteiger partial charge is 0.179 e. The van der Waals surface area contributed by atoms with Gasteiger partial charge < -0.3 is 14.8 Å². The minimum Gasteiger partial charge on any atom is -0.493 e. The Morgan fingerprint density at radius 3 is 2.58 bits per heavy atom. The molecule has 0 radical (unpaired) electrons. The van der Waals surface area contributed by atoms with E-state index < -0.39 is 0 Å². The Bertz CT molecular complexity index is 396. The molecule has 1 aromatic rings. The molecule has 3 nitrogen and oxygen atoms in total. The summed E-state index contributed by atoms with van der Waals surface area (Å²) in [5, 5.41) is 4.08. The molecular formula is C15H24ClNO2. The van der Waals surface area contributed by atoms with Crippen molar-refractivity contribution < 1.29 is 9.47 Å². The molecule has 1 atom stereocenters. The SMILES string of the molecule is CCCCC(C)NCc1cc(Cl)c(OC)c(OC)c1. The van der Waals surface area contributed by atoms with Crippen LogP contribution in [0.15, 0.2) is 12.1 Å². The molecule has 1 rings (SSSR count). The number of hydrogen-bond donors (Lipinski definition) is 1. The number of halogens is 1. The maximum absolute atomic E-state index is 6.18. The minimum atomic E-state index is 0.506. The van der Waals surface area contributed by atoms with Crippen molar-refractivity contribution in [3.05, 3.63) is 22.7 Å². The average molecular weight is 286 g/mol. The van der Waals surface area contributed by atoms with Crippen molar-refractivity contribution >= 4 is 11.6 Å². The van der Waals surface area contributed by atoms with E-state index in [1.54, 1.807) is 14.2 Å². The van der Waals surface area contributed by atoms with Crippen LogP contribution in [-0.2, 0) is 6.54 Å². The van der Waals surface area contributed by atoms with Crippen LogP contribution in [0.4, 0.5) is 0 Å². The highest BCUT2D eigenvalue weighted by Crippen LogP contribution is 2.35. The molecule has 1 aromatic carbocycles. The van der Waals surface area contributed by atoms with Gasteiger partial charge in [0.25, 0.3) is 0 Å². The summed E-state index contributed by atoms with van der Waals surface area (Å²) in [5.41, 5.74) is 1.10. The van der Waals surface area contributed by atoms with Gasteiger partial charge in [-0.15, -0.1) is 0 Å². The molecule has 0 saturated carbocycles. The molecule has 0 fully saturated rings. The molecule has 108 valence electrons.